The molecule has 0 radical (unpaired) electrons. The SMILES string of the molecule is CC(C)(C)N(c1ccccc1)c1ccccc1.c1ccc2nc3ccccc3nc2c1. The van der Waals surface area contributed by atoms with Crippen molar-refractivity contribution in [3.63, 3.8) is 0 Å². The van der Waals surface area contributed by atoms with E-state index in [4.69, 9.17) is 0 Å². The fourth-order valence-corrected chi connectivity index (χ4v) is 3.64. The van der Waals surface area contributed by atoms with E-state index in [1.807, 2.05) is 48.5 Å². The van der Waals surface area contributed by atoms with Crippen LogP contribution in [0.5, 0.6) is 0 Å². The minimum absolute atomic E-state index is 0.0582. The van der Waals surface area contributed by atoms with E-state index < -0.39 is 0 Å². The van der Waals surface area contributed by atoms with Crippen molar-refractivity contribution in [2.24, 2.45) is 0 Å². The summed E-state index contributed by atoms with van der Waals surface area (Å²) in [7, 11) is 0. The summed E-state index contributed by atoms with van der Waals surface area (Å²) >= 11 is 0. The van der Waals surface area contributed by atoms with E-state index >= 15 is 0 Å². The summed E-state index contributed by atoms with van der Waals surface area (Å²) in [5.74, 6) is 0. The number of fused-ring (bicyclic) bond motifs is 2. The van der Waals surface area contributed by atoms with Gasteiger partial charge in [-0.3, -0.25) is 0 Å². The van der Waals surface area contributed by atoms with Crippen molar-refractivity contribution in [3.05, 3.63) is 109 Å². The van der Waals surface area contributed by atoms with Gasteiger partial charge in [0.25, 0.3) is 0 Å². The van der Waals surface area contributed by atoms with Gasteiger partial charge in [0.15, 0.2) is 0 Å². The van der Waals surface area contributed by atoms with Gasteiger partial charge >= 0.3 is 0 Å². The number of rotatable bonds is 2. The fraction of sp³-hybridized carbons (Fsp3) is 0.143. The lowest BCUT2D eigenvalue weighted by molar-refractivity contribution is 0.560. The standard InChI is InChI=1S/C16H19N.C12H8N2/c1-16(2,3)17(14-10-6-4-7-11-14)15-12-8-5-9-13-15;1-2-6-10-9(5-1)13-11-7-3-4-8-12(11)14-10/h4-13H,1-3H3;1-8H. The first-order valence-electron chi connectivity index (χ1n) is 10.5. The number of hydrogen-bond donors (Lipinski definition) is 0. The predicted octanol–water partition coefficient (Wildman–Crippen LogP) is 7.41. The number of hydrogen-bond acceptors (Lipinski definition) is 3. The molecular weight excluding hydrogens is 378 g/mol. The molecule has 0 spiro atoms. The second-order valence-electron chi connectivity index (χ2n) is 8.38. The number of nitrogens with zero attached hydrogens (tertiary/aromatic N) is 3. The molecule has 0 unspecified atom stereocenters. The normalized spacial score (nSPS) is 11.1. The topological polar surface area (TPSA) is 29.0 Å². The largest absolute Gasteiger partial charge is 0.336 e. The highest BCUT2D eigenvalue weighted by molar-refractivity contribution is 5.85. The summed E-state index contributed by atoms with van der Waals surface area (Å²) in [4.78, 5) is 11.4. The summed E-state index contributed by atoms with van der Waals surface area (Å²) < 4.78 is 0. The van der Waals surface area contributed by atoms with Crippen LogP contribution in [0.25, 0.3) is 22.1 Å². The van der Waals surface area contributed by atoms with Crippen molar-refractivity contribution in [2.45, 2.75) is 26.3 Å². The lowest BCUT2D eigenvalue weighted by Gasteiger charge is -2.37. The predicted molar refractivity (Wildman–Crippen MR) is 132 cm³/mol. The van der Waals surface area contributed by atoms with Gasteiger partial charge in [0.1, 0.15) is 0 Å². The molecule has 3 heteroatoms. The molecule has 0 aliphatic heterocycles. The van der Waals surface area contributed by atoms with Crippen LogP contribution in [0, 0.1) is 0 Å². The molecule has 0 saturated heterocycles. The molecule has 0 amide bonds. The highest BCUT2D eigenvalue weighted by Gasteiger charge is 2.22. The molecule has 0 saturated carbocycles. The molecular formula is C28H27N3. The van der Waals surface area contributed by atoms with Crippen LogP contribution in [0.2, 0.25) is 0 Å². The Hall–Kier alpha value is -3.72. The average molecular weight is 406 g/mol. The van der Waals surface area contributed by atoms with Gasteiger partial charge in [0.2, 0.25) is 0 Å². The lowest BCUT2D eigenvalue weighted by Crippen LogP contribution is -2.37. The lowest BCUT2D eigenvalue weighted by atomic mass is 10.0. The Morgan fingerprint density at radius 3 is 1.03 bits per heavy atom. The molecule has 5 aromatic rings. The van der Waals surface area contributed by atoms with Gasteiger partial charge in [0, 0.05) is 16.9 Å². The van der Waals surface area contributed by atoms with E-state index in [0.29, 0.717) is 0 Å². The highest BCUT2D eigenvalue weighted by Crippen LogP contribution is 2.32. The summed E-state index contributed by atoms with van der Waals surface area (Å²) in [5.41, 5.74) is 6.31. The van der Waals surface area contributed by atoms with Crippen LogP contribution in [0.3, 0.4) is 0 Å². The first-order valence-corrected chi connectivity index (χ1v) is 10.5. The van der Waals surface area contributed by atoms with Crippen LogP contribution in [-0.2, 0) is 0 Å². The van der Waals surface area contributed by atoms with E-state index in [0.717, 1.165) is 22.1 Å². The molecule has 1 aromatic heterocycles. The maximum absolute atomic E-state index is 4.52. The Morgan fingerprint density at radius 1 is 0.452 bits per heavy atom. The van der Waals surface area contributed by atoms with Crippen LogP contribution in [0.1, 0.15) is 20.8 Å². The first-order chi connectivity index (χ1) is 15.0. The maximum Gasteiger partial charge on any atom is 0.0894 e. The Balaban J connectivity index is 0.000000151. The van der Waals surface area contributed by atoms with Crippen LogP contribution in [-0.4, -0.2) is 15.5 Å². The molecule has 3 nitrogen and oxygen atoms in total. The molecule has 0 fully saturated rings. The molecule has 0 atom stereocenters. The Morgan fingerprint density at radius 2 is 0.742 bits per heavy atom. The van der Waals surface area contributed by atoms with Crippen molar-refractivity contribution >= 4 is 33.4 Å². The van der Waals surface area contributed by atoms with Gasteiger partial charge in [-0.25, -0.2) is 9.97 Å². The summed E-state index contributed by atoms with van der Waals surface area (Å²) in [6, 6.07) is 36.9. The molecule has 0 aliphatic carbocycles. The summed E-state index contributed by atoms with van der Waals surface area (Å²) in [6.07, 6.45) is 0. The zero-order valence-corrected chi connectivity index (χ0v) is 18.2. The van der Waals surface area contributed by atoms with E-state index in [9.17, 15) is 0 Å². The smallest absolute Gasteiger partial charge is 0.0894 e. The zero-order valence-electron chi connectivity index (χ0n) is 18.2. The molecule has 0 N–H and O–H groups in total. The van der Waals surface area contributed by atoms with Crippen molar-refractivity contribution in [1.82, 2.24) is 9.97 Å². The third-order valence-corrected chi connectivity index (χ3v) is 4.94. The quantitative estimate of drug-likeness (QED) is 0.286. The number of benzene rings is 4. The molecule has 1 heterocycles. The van der Waals surface area contributed by atoms with Gasteiger partial charge < -0.3 is 4.90 Å². The van der Waals surface area contributed by atoms with Crippen molar-refractivity contribution in [3.8, 4) is 0 Å². The third kappa shape index (κ3) is 4.89. The Bertz CT molecular complexity index is 1110. The van der Waals surface area contributed by atoms with Gasteiger partial charge in [-0.05, 0) is 69.3 Å². The minimum Gasteiger partial charge on any atom is -0.336 e. The second kappa shape index (κ2) is 8.97. The third-order valence-electron chi connectivity index (χ3n) is 4.94. The van der Waals surface area contributed by atoms with Crippen LogP contribution in [0.4, 0.5) is 11.4 Å². The zero-order chi connectivity index (χ0) is 21.7. The van der Waals surface area contributed by atoms with Crippen molar-refractivity contribution in [1.29, 1.82) is 0 Å². The molecule has 4 aromatic carbocycles. The number of anilines is 2. The highest BCUT2D eigenvalue weighted by atomic mass is 15.2. The average Bonchev–Trinajstić information content (AvgIpc) is 2.79. The van der Waals surface area contributed by atoms with Crippen molar-refractivity contribution in [2.75, 3.05) is 4.90 Å². The van der Waals surface area contributed by atoms with E-state index in [1.165, 1.54) is 11.4 Å². The van der Waals surface area contributed by atoms with Gasteiger partial charge in [-0.2, -0.15) is 0 Å². The van der Waals surface area contributed by atoms with Crippen molar-refractivity contribution < 1.29 is 0 Å². The molecule has 0 aliphatic rings. The Labute approximate surface area is 184 Å². The molecule has 154 valence electrons. The molecule has 5 rings (SSSR count). The summed E-state index contributed by atoms with van der Waals surface area (Å²) in [6.45, 7) is 6.69. The molecule has 0 bridgehead atoms. The van der Waals surface area contributed by atoms with E-state index in [2.05, 4.69) is 96.3 Å². The van der Waals surface area contributed by atoms with Crippen LogP contribution < -0.4 is 4.90 Å². The maximum atomic E-state index is 4.52. The summed E-state index contributed by atoms with van der Waals surface area (Å²) in [5, 5.41) is 0. The molecule has 31 heavy (non-hydrogen) atoms. The Kier molecular flexibility index (Phi) is 5.94. The van der Waals surface area contributed by atoms with Gasteiger partial charge in [-0.1, -0.05) is 60.7 Å². The monoisotopic (exact) mass is 405 g/mol. The van der Waals surface area contributed by atoms with E-state index in [1.54, 1.807) is 0 Å². The van der Waals surface area contributed by atoms with Gasteiger partial charge in [0.05, 0.1) is 22.1 Å². The fourth-order valence-electron chi connectivity index (χ4n) is 3.64. The van der Waals surface area contributed by atoms with Crippen LogP contribution in [0.15, 0.2) is 109 Å². The van der Waals surface area contributed by atoms with E-state index in [-0.39, 0.29) is 5.54 Å². The second-order valence-corrected chi connectivity index (χ2v) is 8.38. The van der Waals surface area contributed by atoms with Gasteiger partial charge in [-0.15, -0.1) is 0 Å². The first kappa shape index (κ1) is 20.5. The number of para-hydroxylation sites is 6. The van der Waals surface area contributed by atoms with Crippen LogP contribution >= 0.6 is 0 Å². The number of aromatic nitrogens is 2. The minimum atomic E-state index is 0.0582.